The molecule has 0 saturated carbocycles. The number of carbonyl (C=O) groups is 2. The number of hydrogen-bond acceptors (Lipinski definition) is 6. The zero-order valence-electron chi connectivity index (χ0n) is 15.4. The van der Waals surface area contributed by atoms with Crippen molar-refractivity contribution >= 4 is 49.8 Å². The van der Waals surface area contributed by atoms with Gasteiger partial charge in [0.1, 0.15) is 6.61 Å². The van der Waals surface area contributed by atoms with Crippen LogP contribution in [0.1, 0.15) is 26.4 Å². The lowest BCUT2D eigenvalue weighted by Gasteiger charge is -2.08. The summed E-state index contributed by atoms with van der Waals surface area (Å²) < 4.78 is 7.38. The van der Waals surface area contributed by atoms with Crippen LogP contribution < -0.4 is 10.9 Å². The molecule has 4 aromatic rings. The van der Waals surface area contributed by atoms with Gasteiger partial charge in [-0.3, -0.25) is 14.0 Å². The standard InChI is InChI=1S/C21H14BrN3O4S/c22-17-4-2-1-3-16(17)19(27)23-14-7-5-13(6-8-14)20(28)29-12-15-11-18(26)25-9-10-30-21(25)24-15/h1-11H,12H2,(H,23,27). The Bertz CT molecular complexity index is 1300. The second-order valence-electron chi connectivity index (χ2n) is 6.23. The fourth-order valence-corrected chi connectivity index (χ4v) is 3.92. The number of nitrogens with one attached hydrogen (secondary N) is 1. The van der Waals surface area contributed by atoms with Crippen LogP contribution >= 0.6 is 27.3 Å². The summed E-state index contributed by atoms with van der Waals surface area (Å²) in [6, 6.07) is 14.8. The second-order valence-corrected chi connectivity index (χ2v) is 7.96. The van der Waals surface area contributed by atoms with E-state index in [-0.39, 0.29) is 18.1 Å². The molecule has 0 saturated heterocycles. The molecule has 2 aromatic heterocycles. The smallest absolute Gasteiger partial charge is 0.338 e. The molecule has 4 rings (SSSR count). The number of fused-ring (bicyclic) bond motifs is 1. The van der Waals surface area contributed by atoms with E-state index in [1.807, 2.05) is 6.07 Å². The Morgan fingerprint density at radius 1 is 1.13 bits per heavy atom. The fourth-order valence-electron chi connectivity index (χ4n) is 2.72. The van der Waals surface area contributed by atoms with Crippen LogP contribution in [0.2, 0.25) is 0 Å². The summed E-state index contributed by atoms with van der Waals surface area (Å²) in [6.45, 7) is -0.108. The normalized spacial score (nSPS) is 10.7. The lowest BCUT2D eigenvalue weighted by Crippen LogP contribution is -2.15. The summed E-state index contributed by atoms with van der Waals surface area (Å²) in [5, 5.41) is 4.54. The minimum absolute atomic E-state index is 0.108. The van der Waals surface area contributed by atoms with Gasteiger partial charge in [-0.2, -0.15) is 0 Å². The first-order valence-corrected chi connectivity index (χ1v) is 10.5. The molecule has 0 aliphatic rings. The molecule has 0 spiro atoms. The number of ether oxygens (including phenoxy) is 1. The highest BCUT2D eigenvalue weighted by Gasteiger charge is 2.12. The van der Waals surface area contributed by atoms with Crippen LogP contribution in [-0.2, 0) is 11.3 Å². The van der Waals surface area contributed by atoms with Gasteiger partial charge in [-0.15, -0.1) is 11.3 Å². The Balaban J connectivity index is 1.39. The SMILES string of the molecule is O=C(OCc1cc(=O)n2ccsc2n1)c1ccc(NC(=O)c2ccccc2Br)cc1. The largest absolute Gasteiger partial charge is 0.456 e. The minimum Gasteiger partial charge on any atom is -0.456 e. The quantitative estimate of drug-likeness (QED) is 0.431. The van der Waals surface area contributed by atoms with E-state index in [1.165, 1.54) is 21.8 Å². The summed E-state index contributed by atoms with van der Waals surface area (Å²) >= 11 is 4.67. The van der Waals surface area contributed by atoms with Gasteiger partial charge in [0.15, 0.2) is 4.96 Å². The van der Waals surface area contributed by atoms with Crippen molar-refractivity contribution in [3.05, 3.63) is 97.8 Å². The molecular weight excluding hydrogens is 470 g/mol. The van der Waals surface area contributed by atoms with Crippen molar-refractivity contribution in [3.8, 4) is 0 Å². The monoisotopic (exact) mass is 483 g/mol. The Hall–Kier alpha value is -3.30. The number of carbonyl (C=O) groups excluding carboxylic acids is 2. The van der Waals surface area contributed by atoms with Crippen LogP contribution in [0.25, 0.3) is 4.96 Å². The van der Waals surface area contributed by atoms with Gasteiger partial charge in [0, 0.05) is 27.8 Å². The first kappa shape index (κ1) is 20.0. The maximum atomic E-state index is 12.3. The number of rotatable bonds is 5. The number of amides is 1. The van der Waals surface area contributed by atoms with Crippen molar-refractivity contribution in [3.63, 3.8) is 0 Å². The fraction of sp³-hybridized carbons (Fsp3) is 0.0476. The number of nitrogens with zero attached hydrogens (tertiary/aromatic N) is 2. The number of halogens is 1. The van der Waals surface area contributed by atoms with E-state index in [4.69, 9.17) is 4.74 Å². The Kier molecular flexibility index (Phi) is 5.73. The van der Waals surface area contributed by atoms with E-state index in [0.717, 1.165) is 0 Å². The van der Waals surface area contributed by atoms with E-state index in [0.29, 0.717) is 31.9 Å². The number of aromatic nitrogens is 2. The molecule has 1 N–H and O–H groups in total. The third-order valence-electron chi connectivity index (χ3n) is 4.20. The maximum Gasteiger partial charge on any atom is 0.338 e. The number of anilines is 1. The molecular formula is C21H14BrN3O4S. The van der Waals surface area contributed by atoms with Crippen LogP contribution in [-0.4, -0.2) is 21.3 Å². The van der Waals surface area contributed by atoms with Crippen molar-refractivity contribution < 1.29 is 14.3 Å². The van der Waals surface area contributed by atoms with E-state index in [9.17, 15) is 14.4 Å². The predicted molar refractivity (Wildman–Crippen MR) is 117 cm³/mol. The van der Waals surface area contributed by atoms with Crippen LogP contribution in [0, 0.1) is 0 Å². The topological polar surface area (TPSA) is 89.8 Å². The Labute approximate surface area is 183 Å². The summed E-state index contributed by atoms with van der Waals surface area (Å²) in [7, 11) is 0. The predicted octanol–water partition coefficient (Wildman–Crippen LogP) is 4.13. The van der Waals surface area contributed by atoms with Crippen LogP contribution in [0.15, 0.2) is 75.4 Å². The highest BCUT2D eigenvalue weighted by Crippen LogP contribution is 2.18. The van der Waals surface area contributed by atoms with Crippen molar-refractivity contribution in [1.29, 1.82) is 0 Å². The first-order valence-electron chi connectivity index (χ1n) is 8.80. The third-order valence-corrected chi connectivity index (χ3v) is 5.65. The van der Waals surface area contributed by atoms with Gasteiger partial charge in [0.05, 0.1) is 16.8 Å². The van der Waals surface area contributed by atoms with Gasteiger partial charge in [0.25, 0.3) is 11.5 Å². The van der Waals surface area contributed by atoms with Gasteiger partial charge >= 0.3 is 5.97 Å². The van der Waals surface area contributed by atoms with Gasteiger partial charge in [0.2, 0.25) is 0 Å². The van der Waals surface area contributed by atoms with Crippen molar-refractivity contribution in [2.75, 3.05) is 5.32 Å². The van der Waals surface area contributed by atoms with E-state index < -0.39 is 5.97 Å². The summed E-state index contributed by atoms with van der Waals surface area (Å²) in [5.41, 5.74) is 1.53. The molecule has 30 heavy (non-hydrogen) atoms. The van der Waals surface area contributed by atoms with Crippen LogP contribution in [0.3, 0.4) is 0 Å². The van der Waals surface area contributed by atoms with E-state index in [1.54, 1.807) is 54.0 Å². The van der Waals surface area contributed by atoms with Gasteiger partial charge in [-0.1, -0.05) is 12.1 Å². The number of esters is 1. The van der Waals surface area contributed by atoms with Gasteiger partial charge in [-0.25, -0.2) is 9.78 Å². The zero-order valence-corrected chi connectivity index (χ0v) is 17.8. The van der Waals surface area contributed by atoms with Gasteiger partial charge < -0.3 is 10.1 Å². The molecule has 0 atom stereocenters. The lowest BCUT2D eigenvalue weighted by molar-refractivity contribution is 0.0467. The molecule has 7 nitrogen and oxygen atoms in total. The number of thiazole rings is 1. The Morgan fingerprint density at radius 3 is 2.67 bits per heavy atom. The molecule has 0 unspecified atom stereocenters. The molecule has 2 aromatic carbocycles. The summed E-state index contributed by atoms with van der Waals surface area (Å²) in [5.74, 6) is -0.814. The average molecular weight is 484 g/mol. The Morgan fingerprint density at radius 2 is 1.90 bits per heavy atom. The zero-order chi connectivity index (χ0) is 21.1. The molecule has 0 radical (unpaired) electrons. The molecule has 150 valence electrons. The van der Waals surface area contributed by atoms with E-state index in [2.05, 4.69) is 26.2 Å². The number of hydrogen-bond donors (Lipinski definition) is 1. The highest BCUT2D eigenvalue weighted by atomic mass is 79.9. The molecule has 0 fully saturated rings. The molecule has 9 heteroatoms. The van der Waals surface area contributed by atoms with E-state index >= 15 is 0 Å². The summed E-state index contributed by atoms with van der Waals surface area (Å²) in [6.07, 6.45) is 1.64. The lowest BCUT2D eigenvalue weighted by atomic mass is 10.2. The second kappa shape index (κ2) is 8.60. The highest BCUT2D eigenvalue weighted by molar-refractivity contribution is 9.10. The van der Waals surface area contributed by atoms with Crippen molar-refractivity contribution in [2.45, 2.75) is 6.61 Å². The summed E-state index contributed by atoms with van der Waals surface area (Å²) in [4.78, 5) is 41.5. The molecule has 0 bridgehead atoms. The molecule has 0 aliphatic heterocycles. The molecule has 2 heterocycles. The van der Waals surface area contributed by atoms with Crippen molar-refractivity contribution in [1.82, 2.24) is 9.38 Å². The molecule has 1 amide bonds. The first-order chi connectivity index (χ1) is 14.5. The molecule has 0 aliphatic carbocycles. The van der Waals surface area contributed by atoms with Crippen LogP contribution in [0.4, 0.5) is 5.69 Å². The maximum absolute atomic E-state index is 12.3. The van der Waals surface area contributed by atoms with Gasteiger partial charge in [-0.05, 0) is 52.3 Å². The van der Waals surface area contributed by atoms with Crippen LogP contribution in [0.5, 0.6) is 0 Å². The third kappa shape index (κ3) is 4.32. The number of benzene rings is 2. The van der Waals surface area contributed by atoms with Crippen molar-refractivity contribution in [2.24, 2.45) is 0 Å². The minimum atomic E-state index is -0.549. The average Bonchev–Trinajstić information content (AvgIpc) is 3.22.